The van der Waals surface area contributed by atoms with E-state index in [9.17, 15) is 18.7 Å². The molecule has 0 bridgehead atoms. The number of aliphatic carboxylic acids is 1. The van der Waals surface area contributed by atoms with Crippen LogP contribution in [0.1, 0.15) is 11.5 Å². The van der Waals surface area contributed by atoms with Gasteiger partial charge in [-0.15, -0.1) is 0 Å². The van der Waals surface area contributed by atoms with Crippen molar-refractivity contribution in [3.8, 4) is 0 Å². The molecule has 0 saturated heterocycles. The van der Waals surface area contributed by atoms with E-state index in [0.717, 1.165) is 12.1 Å². The van der Waals surface area contributed by atoms with Crippen molar-refractivity contribution in [2.24, 2.45) is 0 Å². The Hall–Kier alpha value is -1.95. The van der Waals surface area contributed by atoms with Gasteiger partial charge in [0.25, 0.3) is 0 Å². The van der Waals surface area contributed by atoms with Crippen LogP contribution >= 0.6 is 15.9 Å². The number of nitrogens with one attached hydrogen (secondary N) is 1. The maximum absolute atomic E-state index is 13.7. The summed E-state index contributed by atoms with van der Waals surface area (Å²) in [7, 11) is 0. The van der Waals surface area contributed by atoms with Crippen molar-refractivity contribution in [1.82, 2.24) is 0 Å². The van der Waals surface area contributed by atoms with Crippen LogP contribution in [0.25, 0.3) is 0 Å². The van der Waals surface area contributed by atoms with E-state index in [2.05, 4.69) is 21.2 Å². The molecule has 110 valence electrons. The van der Waals surface area contributed by atoms with Crippen molar-refractivity contribution in [3.63, 3.8) is 0 Å². The van der Waals surface area contributed by atoms with Crippen LogP contribution < -0.4 is 5.32 Å². The lowest BCUT2D eigenvalue weighted by Gasteiger charge is -2.16. The van der Waals surface area contributed by atoms with Crippen molar-refractivity contribution in [2.75, 3.05) is 11.9 Å². The predicted molar refractivity (Wildman–Crippen MR) is 79.4 cm³/mol. The molecule has 0 heterocycles. The number of rotatable bonds is 5. The van der Waals surface area contributed by atoms with E-state index in [-0.39, 0.29) is 16.7 Å². The molecule has 0 aliphatic carbocycles. The van der Waals surface area contributed by atoms with Crippen LogP contribution in [0.15, 0.2) is 46.9 Å². The molecule has 2 N–H and O–H groups in total. The molecule has 6 heteroatoms. The summed E-state index contributed by atoms with van der Waals surface area (Å²) >= 11 is 3.05. The highest BCUT2D eigenvalue weighted by molar-refractivity contribution is 9.10. The molecule has 0 aliphatic rings. The zero-order valence-corrected chi connectivity index (χ0v) is 12.4. The van der Waals surface area contributed by atoms with Gasteiger partial charge in [-0.25, -0.2) is 8.78 Å². The molecule has 2 aromatic rings. The number of hydrogen-bond acceptors (Lipinski definition) is 2. The van der Waals surface area contributed by atoms with Crippen LogP contribution in [0.4, 0.5) is 14.5 Å². The summed E-state index contributed by atoms with van der Waals surface area (Å²) in [6.07, 6.45) is 0. The topological polar surface area (TPSA) is 49.3 Å². The van der Waals surface area contributed by atoms with Crippen LogP contribution in [0.2, 0.25) is 0 Å². The molecule has 1 atom stereocenters. The maximum atomic E-state index is 13.7. The monoisotopic (exact) mass is 355 g/mol. The van der Waals surface area contributed by atoms with Gasteiger partial charge >= 0.3 is 5.97 Å². The van der Waals surface area contributed by atoms with E-state index in [4.69, 9.17) is 0 Å². The molecule has 2 rings (SSSR count). The van der Waals surface area contributed by atoms with Gasteiger partial charge in [0.2, 0.25) is 0 Å². The smallest absolute Gasteiger partial charge is 0.312 e. The first-order valence-electron chi connectivity index (χ1n) is 6.15. The first kappa shape index (κ1) is 15.4. The van der Waals surface area contributed by atoms with Crippen LogP contribution in [0.3, 0.4) is 0 Å². The average molecular weight is 356 g/mol. The Morgan fingerprint density at radius 2 is 1.90 bits per heavy atom. The van der Waals surface area contributed by atoms with Crippen LogP contribution in [-0.2, 0) is 4.79 Å². The lowest BCUT2D eigenvalue weighted by atomic mass is 9.99. The van der Waals surface area contributed by atoms with Gasteiger partial charge in [-0.1, -0.05) is 30.3 Å². The minimum absolute atomic E-state index is 0.0134. The Morgan fingerprint density at radius 1 is 1.24 bits per heavy atom. The molecule has 0 saturated carbocycles. The summed E-state index contributed by atoms with van der Waals surface area (Å²) in [6, 6.07) is 10.5. The molecular formula is C15H12BrF2NO2. The molecule has 1 unspecified atom stereocenters. The highest BCUT2D eigenvalue weighted by Gasteiger charge is 2.20. The zero-order chi connectivity index (χ0) is 15.4. The Balaban J connectivity index is 2.19. The highest BCUT2D eigenvalue weighted by Crippen LogP contribution is 2.28. The number of anilines is 1. The molecule has 3 nitrogen and oxygen atoms in total. The number of carboxylic acid groups (broad SMARTS) is 1. The van der Waals surface area contributed by atoms with Gasteiger partial charge in [-0.05, 0) is 27.6 Å². The molecular weight excluding hydrogens is 344 g/mol. The second-order valence-corrected chi connectivity index (χ2v) is 5.28. The maximum Gasteiger partial charge on any atom is 0.312 e. The summed E-state index contributed by atoms with van der Waals surface area (Å²) in [5.74, 6) is -3.34. The third kappa shape index (κ3) is 3.78. The third-order valence-electron chi connectivity index (χ3n) is 2.99. The number of hydrogen-bond donors (Lipinski definition) is 2. The number of carbonyl (C=O) groups is 1. The molecule has 0 aromatic heterocycles. The van der Waals surface area contributed by atoms with Crippen LogP contribution in [0, 0.1) is 11.6 Å². The zero-order valence-electron chi connectivity index (χ0n) is 10.8. The normalized spacial score (nSPS) is 12.0. The number of halogens is 3. The molecule has 0 spiro atoms. The van der Waals surface area contributed by atoms with Gasteiger partial charge in [0.1, 0.15) is 11.6 Å². The molecule has 0 aliphatic heterocycles. The van der Waals surface area contributed by atoms with E-state index >= 15 is 0 Å². The van der Waals surface area contributed by atoms with Gasteiger partial charge < -0.3 is 10.4 Å². The second kappa shape index (κ2) is 6.67. The summed E-state index contributed by atoms with van der Waals surface area (Å²) in [4.78, 5) is 11.3. The standard InChI is InChI=1S/C15H12BrF2NO2/c16-12-6-10(17)7-13(18)14(12)19-8-11(15(20)21)9-4-2-1-3-5-9/h1-7,11,19H,8H2,(H,20,21). The first-order chi connectivity index (χ1) is 9.99. The molecule has 0 radical (unpaired) electrons. The summed E-state index contributed by atoms with van der Waals surface area (Å²) in [5, 5.41) is 12.0. The fourth-order valence-electron chi connectivity index (χ4n) is 1.95. The quantitative estimate of drug-likeness (QED) is 0.851. The Kier molecular flexibility index (Phi) is 4.90. The average Bonchev–Trinajstić information content (AvgIpc) is 2.42. The minimum atomic E-state index is -1.02. The molecule has 21 heavy (non-hydrogen) atoms. The molecule has 0 amide bonds. The Morgan fingerprint density at radius 3 is 2.48 bits per heavy atom. The Labute approximate surface area is 128 Å². The third-order valence-corrected chi connectivity index (χ3v) is 3.62. The summed E-state index contributed by atoms with van der Waals surface area (Å²) < 4.78 is 26.9. The largest absolute Gasteiger partial charge is 0.481 e. The van der Waals surface area contributed by atoms with E-state index in [1.54, 1.807) is 30.3 Å². The van der Waals surface area contributed by atoms with E-state index in [0.29, 0.717) is 5.56 Å². The fraction of sp³-hybridized carbons (Fsp3) is 0.133. The van der Waals surface area contributed by atoms with Gasteiger partial charge in [-0.2, -0.15) is 0 Å². The number of carboxylic acids is 1. The van der Waals surface area contributed by atoms with Gasteiger partial charge in [-0.3, -0.25) is 4.79 Å². The number of benzene rings is 2. The van der Waals surface area contributed by atoms with Gasteiger partial charge in [0.15, 0.2) is 0 Å². The molecule has 2 aromatic carbocycles. The molecule has 0 fully saturated rings. The van der Waals surface area contributed by atoms with Crippen molar-refractivity contribution in [3.05, 3.63) is 64.1 Å². The Bertz CT molecular complexity index is 626. The van der Waals surface area contributed by atoms with Gasteiger partial charge in [0.05, 0.1) is 11.6 Å². The van der Waals surface area contributed by atoms with Gasteiger partial charge in [0, 0.05) is 17.1 Å². The predicted octanol–water partition coefficient (Wildman–Crippen LogP) is 4.01. The van der Waals surface area contributed by atoms with Crippen molar-refractivity contribution < 1.29 is 18.7 Å². The van der Waals surface area contributed by atoms with Crippen molar-refractivity contribution >= 4 is 27.6 Å². The van der Waals surface area contributed by atoms with Crippen LogP contribution in [0.5, 0.6) is 0 Å². The summed E-state index contributed by atoms with van der Waals surface area (Å²) in [6.45, 7) is -0.0134. The summed E-state index contributed by atoms with van der Waals surface area (Å²) in [5.41, 5.74) is 0.648. The fourth-order valence-corrected chi connectivity index (χ4v) is 2.50. The van der Waals surface area contributed by atoms with Crippen molar-refractivity contribution in [2.45, 2.75) is 5.92 Å². The van der Waals surface area contributed by atoms with Crippen LogP contribution in [-0.4, -0.2) is 17.6 Å². The second-order valence-electron chi connectivity index (χ2n) is 4.43. The first-order valence-corrected chi connectivity index (χ1v) is 6.94. The van der Waals surface area contributed by atoms with E-state index < -0.39 is 23.5 Å². The SMILES string of the molecule is O=C(O)C(CNc1c(F)cc(F)cc1Br)c1ccccc1. The van der Waals surface area contributed by atoms with E-state index in [1.165, 1.54) is 0 Å². The minimum Gasteiger partial charge on any atom is -0.481 e. The van der Waals surface area contributed by atoms with E-state index in [1.807, 2.05) is 0 Å². The lowest BCUT2D eigenvalue weighted by molar-refractivity contribution is -0.138. The lowest BCUT2D eigenvalue weighted by Crippen LogP contribution is -2.21. The highest BCUT2D eigenvalue weighted by atomic mass is 79.9. The van der Waals surface area contributed by atoms with Crippen molar-refractivity contribution in [1.29, 1.82) is 0 Å².